The molecular weight excluding hydrogens is 333 g/mol. The predicted octanol–water partition coefficient (Wildman–Crippen LogP) is 4.41. The zero-order valence-corrected chi connectivity index (χ0v) is 14.0. The van der Waals surface area contributed by atoms with Gasteiger partial charge in [0.15, 0.2) is 0 Å². The predicted molar refractivity (Wildman–Crippen MR) is 87.3 cm³/mol. The van der Waals surface area contributed by atoms with Gasteiger partial charge in [-0.05, 0) is 67.4 Å². The van der Waals surface area contributed by atoms with Gasteiger partial charge >= 0.3 is 0 Å². The molecule has 0 aliphatic heterocycles. The van der Waals surface area contributed by atoms with Crippen molar-refractivity contribution in [3.8, 4) is 5.75 Å². The zero-order valence-electron chi connectivity index (χ0n) is 12.4. The number of likely N-dealkylation sites (N-methyl/N-ethyl adjacent to an activating group) is 1. The zero-order chi connectivity index (χ0) is 15.4. The highest BCUT2D eigenvalue weighted by molar-refractivity contribution is 9.10. The molecule has 0 aromatic heterocycles. The van der Waals surface area contributed by atoms with Crippen LogP contribution in [0.1, 0.15) is 22.7 Å². The van der Waals surface area contributed by atoms with Crippen molar-refractivity contribution < 1.29 is 9.13 Å². The van der Waals surface area contributed by atoms with E-state index in [4.69, 9.17) is 4.74 Å². The lowest BCUT2D eigenvalue weighted by molar-refractivity contribution is 0.406. The van der Waals surface area contributed by atoms with Crippen LogP contribution in [0.3, 0.4) is 0 Å². The molecular formula is C17H19BrFNO. The third kappa shape index (κ3) is 4.05. The average Bonchev–Trinajstić information content (AvgIpc) is 2.43. The maximum Gasteiger partial charge on any atom is 0.123 e. The summed E-state index contributed by atoms with van der Waals surface area (Å²) in [5.41, 5.74) is 2.94. The molecule has 0 bridgehead atoms. The van der Waals surface area contributed by atoms with Gasteiger partial charge in [0.2, 0.25) is 0 Å². The largest absolute Gasteiger partial charge is 0.496 e. The fourth-order valence-electron chi connectivity index (χ4n) is 2.48. The van der Waals surface area contributed by atoms with Crippen LogP contribution in [-0.4, -0.2) is 14.2 Å². The summed E-state index contributed by atoms with van der Waals surface area (Å²) in [7, 11) is 3.54. The van der Waals surface area contributed by atoms with E-state index in [1.807, 2.05) is 38.2 Å². The minimum absolute atomic E-state index is 0.0302. The Morgan fingerprint density at radius 1 is 1.24 bits per heavy atom. The minimum atomic E-state index is -0.202. The van der Waals surface area contributed by atoms with E-state index in [0.29, 0.717) is 0 Å². The Morgan fingerprint density at radius 2 is 2.00 bits per heavy atom. The van der Waals surface area contributed by atoms with E-state index in [2.05, 4.69) is 21.2 Å². The van der Waals surface area contributed by atoms with Crippen LogP contribution in [-0.2, 0) is 6.42 Å². The number of nitrogens with one attached hydrogen (secondary N) is 1. The third-order valence-corrected chi connectivity index (χ3v) is 3.98. The first kappa shape index (κ1) is 16.0. The molecule has 0 aliphatic rings. The summed E-state index contributed by atoms with van der Waals surface area (Å²) in [6.07, 6.45) is 0.724. The Balaban J connectivity index is 2.32. The van der Waals surface area contributed by atoms with Crippen LogP contribution in [0.15, 0.2) is 40.9 Å². The van der Waals surface area contributed by atoms with Crippen molar-refractivity contribution >= 4 is 15.9 Å². The Morgan fingerprint density at radius 3 is 2.62 bits per heavy atom. The second kappa shape index (κ2) is 7.05. The second-order valence-corrected chi connectivity index (χ2v) is 5.98. The summed E-state index contributed by atoms with van der Waals surface area (Å²) in [6.45, 7) is 1.90. The molecule has 0 spiro atoms. The maximum absolute atomic E-state index is 13.6. The second-order valence-electron chi connectivity index (χ2n) is 5.06. The lowest BCUT2D eigenvalue weighted by Crippen LogP contribution is -2.19. The number of aryl methyl sites for hydroxylation is 1. The van der Waals surface area contributed by atoms with Gasteiger partial charge in [0.25, 0.3) is 0 Å². The summed E-state index contributed by atoms with van der Waals surface area (Å²) in [4.78, 5) is 0. The number of hydrogen-bond donors (Lipinski definition) is 1. The summed E-state index contributed by atoms with van der Waals surface area (Å²) < 4.78 is 20.0. The molecule has 2 rings (SSSR count). The van der Waals surface area contributed by atoms with Crippen LogP contribution in [0.25, 0.3) is 0 Å². The summed E-state index contributed by atoms with van der Waals surface area (Å²) in [5.74, 6) is 0.637. The van der Waals surface area contributed by atoms with Gasteiger partial charge in [-0.2, -0.15) is 0 Å². The van der Waals surface area contributed by atoms with Crippen molar-refractivity contribution in [2.75, 3.05) is 14.2 Å². The van der Waals surface area contributed by atoms with Gasteiger partial charge in [-0.15, -0.1) is 0 Å². The number of ether oxygens (including phenoxy) is 1. The van der Waals surface area contributed by atoms with Crippen LogP contribution >= 0.6 is 15.9 Å². The number of hydrogen-bond acceptors (Lipinski definition) is 2. The van der Waals surface area contributed by atoms with E-state index in [1.54, 1.807) is 13.2 Å². The van der Waals surface area contributed by atoms with E-state index < -0.39 is 0 Å². The van der Waals surface area contributed by atoms with E-state index in [1.165, 1.54) is 6.07 Å². The standard InChI is InChI=1S/C17H19BrFNO/c1-11-6-12(9-15(19)7-11)16(20-2)10-13-8-14(18)4-5-17(13)21-3/h4-9,16,20H,10H2,1-3H3. The van der Waals surface area contributed by atoms with Crippen molar-refractivity contribution in [3.63, 3.8) is 0 Å². The van der Waals surface area contributed by atoms with E-state index in [0.717, 1.165) is 33.3 Å². The van der Waals surface area contributed by atoms with Gasteiger partial charge in [-0.25, -0.2) is 4.39 Å². The highest BCUT2D eigenvalue weighted by atomic mass is 79.9. The lowest BCUT2D eigenvalue weighted by atomic mass is 9.97. The molecule has 2 nitrogen and oxygen atoms in total. The monoisotopic (exact) mass is 351 g/mol. The van der Waals surface area contributed by atoms with Gasteiger partial charge in [-0.1, -0.05) is 22.0 Å². The van der Waals surface area contributed by atoms with Crippen LogP contribution in [0.2, 0.25) is 0 Å². The minimum Gasteiger partial charge on any atom is -0.496 e. The maximum atomic E-state index is 13.6. The van der Waals surface area contributed by atoms with Crippen molar-refractivity contribution in [3.05, 3.63) is 63.4 Å². The summed E-state index contributed by atoms with van der Waals surface area (Å²) in [5, 5.41) is 3.25. The number of halogens is 2. The summed E-state index contributed by atoms with van der Waals surface area (Å²) in [6, 6.07) is 11.1. The summed E-state index contributed by atoms with van der Waals surface area (Å²) >= 11 is 3.48. The van der Waals surface area contributed by atoms with Crippen molar-refractivity contribution in [2.45, 2.75) is 19.4 Å². The first-order valence-corrected chi connectivity index (χ1v) is 7.59. The highest BCUT2D eigenvalue weighted by Gasteiger charge is 2.14. The van der Waals surface area contributed by atoms with Crippen molar-refractivity contribution in [1.29, 1.82) is 0 Å². The Hall–Kier alpha value is -1.39. The van der Waals surface area contributed by atoms with Gasteiger partial charge in [-0.3, -0.25) is 0 Å². The Kier molecular flexibility index (Phi) is 5.37. The normalized spacial score (nSPS) is 12.2. The van der Waals surface area contributed by atoms with Crippen LogP contribution in [0.4, 0.5) is 4.39 Å². The average molecular weight is 352 g/mol. The SMILES string of the molecule is CNC(Cc1cc(Br)ccc1OC)c1cc(C)cc(F)c1. The van der Waals surface area contributed by atoms with Gasteiger partial charge in [0.1, 0.15) is 11.6 Å². The quantitative estimate of drug-likeness (QED) is 0.861. The first-order chi connectivity index (χ1) is 10.0. The van der Waals surface area contributed by atoms with Crippen LogP contribution < -0.4 is 10.1 Å². The molecule has 0 amide bonds. The molecule has 1 N–H and O–H groups in total. The van der Waals surface area contributed by atoms with E-state index >= 15 is 0 Å². The van der Waals surface area contributed by atoms with Gasteiger partial charge in [0, 0.05) is 10.5 Å². The third-order valence-electron chi connectivity index (χ3n) is 3.48. The van der Waals surface area contributed by atoms with E-state index in [9.17, 15) is 4.39 Å². The molecule has 0 heterocycles. The Bertz CT molecular complexity index is 610. The number of benzene rings is 2. The smallest absolute Gasteiger partial charge is 0.123 e. The van der Waals surface area contributed by atoms with E-state index in [-0.39, 0.29) is 11.9 Å². The molecule has 4 heteroatoms. The molecule has 2 aromatic rings. The number of methoxy groups -OCH3 is 1. The fourth-order valence-corrected chi connectivity index (χ4v) is 2.89. The Labute approximate surface area is 133 Å². The molecule has 21 heavy (non-hydrogen) atoms. The highest BCUT2D eigenvalue weighted by Crippen LogP contribution is 2.28. The molecule has 0 saturated carbocycles. The van der Waals surface area contributed by atoms with Crippen molar-refractivity contribution in [2.24, 2.45) is 0 Å². The van der Waals surface area contributed by atoms with Crippen molar-refractivity contribution in [1.82, 2.24) is 5.32 Å². The topological polar surface area (TPSA) is 21.3 Å². The molecule has 0 aliphatic carbocycles. The molecule has 0 saturated heterocycles. The molecule has 0 fully saturated rings. The molecule has 112 valence electrons. The van der Waals surface area contributed by atoms with Gasteiger partial charge < -0.3 is 10.1 Å². The molecule has 2 aromatic carbocycles. The fraction of sp³-hybridized carbons (Fsp3) is 0.294. The van der Waals surface area contributed by atoms with Crippen LogP contribution in [0.5, 0.6) is 5.75 Å². The first-order valence-electron chi connectivity index (χ1n) is 6.80. The van der Waals surface area contributed by atoms with Crippen LogP contribution in [0, 0.1) is 12.7 Å². The number of rotatable bonds is 5. The molecule has 1 unspecified atom stereocenters. The molecule has 1 atom stereocenters. The lowest BCUT2D eigenvalue weighted by Gasteiger charge is -2.19. The van der Waals surface area contributed by atoms with Gasteiger partial charge in [0.05, 0.1) is 7.11 Å². The molecule has 0 radical (unpaired) electrons.